The van der Waals surface area contributed by atoms with Crippen LogP contribution in [0, 0.1) is 0 Å². The smallest absolute Gasteiger partial charge is 0.173 e. The van der Waals surface area contributed by atoms with Gasteiger partial charge in [-0.3, -0.25) is 0 Å². The number of hydrogen-bond donors (Lipinski definition) is 2. The van der Waals surface area contributed by atoms with Crippen LogP contribution in [0.25, 0.3) is 0 Å². The van der Waals surface area contributed by atoms with Crippen molar-refractivity contribution >= 4 is 29.1 Å². The molecule has 0 amide bonds. The van der Waals surface area contributed by atoms with Crippen molar-refractivity contribution in [2.75, 3.05) is 17.3 Å². The van der Waals surface area contributed by atoms with Crippen molar-refractivity contribution in [1.82, 2.24) is 9.97 Å². The Morgan fingerprint density at radius 1 is 1.25 bits per heavy atom. The van der Waals surface area contributed by atoms with Crippen LogP contribution in [0.2, 0.25) is 0 Å². The fourth-order valence-corrected chi connectivity index (χ4v) is 1.74. The van der Waals surface area contributed by atoms with Crippen LogP contribution in [0.15, 0.2) is 41.6 Å². The van der Waals surface area contributed by atoms with E-state index in [1.165, 1.54) is 4.90 Å². The van der Waals surface area contributed by atoms with Crippen molar-refractivity contribution in [3.8, 4) is 0 Å². The number of nitrogens with zero attached hydrogens (tertiary/aromatic N) is 2. The molecular weight excluding hydrogens is 220 g/mol. The number of thioether (sulfide) groups is 1. The SMILES string of the molecule is CSc1cccc(Nc2nccnc2N)c1. The van der Waals surface area contributed by atoms with Crippen molar-refractivity contribution in [3.63, 3.8) is 0 Å². The maximum atomic E-state index is 5.70. The predicted octanol–water partition coefficient (Wildman–Crippen LogP) is 2.52. The molecule has 0 spiro atoms. The van der Waals surface area contributed by atoms with Gasteiger partial charge in [0.2, 0.25) is 0 Å². The second-order valence-corrected chi connectivity index (χ2v) is 4.03. The van der Waals surface area contributed by atoms with E-state index >= 15 is 0 Å². The summed E-state index contributed by atoms with van der Waals surface area (Å²) in [6.07, 6.45) is 5.21. The maximum absolute atomic E-state index is 5.70. The van der Waals surface area contributed by atoms with Crippen LogP contribution in [0.3, 0.4) is 0 Å². The van der Waals surface area contributed by atoms with Gasteiger partial charge >= 0.3 is 0 Å². The molecule has 1 aromatic heterocycles. The zero-order valence-electron chi connectivity index (χ0n) is 8.84. The molecule has 1 aromatic carbocycles. The number of nitrogen functional groups attached to an aromatic ring is 1. The molecule has 2 rings (SSSR count). The third-order valence-electron chi connectivity index (χ3n) is 2.06. The summed E-state index contributed by atoms with van der Waals surface area (Å²) < 4.78 is 0. The second-order valence-electron chi connectivity index (χ2n) is 3.15. The second kappa shape index (κ2) is 4.85. The quantitative estimate of drug-likeness (QED) is 0.796. The fourth-order valence-electron chi connectivity index (χ4n) is 1.28. The van der Waals surface area contributed by atoms with E-state index < -0.39 is 0 Å². The van der Waals surface area contributed by atoms with Crippen molar-refractivity contribution in [2.24, 2.45) is 0 Å². The first-order valence-electron chi connectivity index (χ1n) is 4.77. The van der Waals surface area contributed by atoms with Crippen LogP contribution in [0.1, 0.15) is 0 Å². The minimum Gasteiger partial charge on any atom is -0.381 e. The van der Waals surface area contributed by atoms with Gasteiger partial charge in [-0.05, 0) is 24.5 Å². The number of nitrogens with two attached hydrogens (primary N) is 1. The minimum absolute atomic E-state index is 0.400. The molecule has 0 saturated heterocycles. The highest BCUT2D eigenvalue weighted by Gasteiger charge is 2.01. The van der Waals surface area contributed by atoms with E-state index in [0.717, 1.165) is 5.69 Å². The van der Waals surface area contributed by atoms with Crippen molar-refractivity contribution < 1.29 is 0 Å². The average Bonchev–Trinajstić information content (AvgIpc) is 2.32. The fraction of sp³-hybridized carbons (Fsp3) is 0.0909. The zero-order valence-corrected chi connectivity index (χ0v) is 9.66. The molecule has 2 aromatic rings. The monoisotopic (exact) mass is 232 g/mol. The van der Waals surface area contributed by atoms with E-state index in [4.69, 9.17) is 5.73 Å². The number of anilines is 3. The average molecular weight is 232 g/mol. The Hall–Kier alpha value is -1.75. The van der Waals surface area contributed by atoms with Gasteiger partial charge < -0.3 is 11.1 Å². The molecule has 0 aliphatic rings. The van der Waals surface area contributed by atoms with Gasteiger partial charge in [0.15, 0.2) is 11.6 Å². The molecule has 16 heavy (non-hydrogen) atoms. The first-order valence-corrected chi connectivity index (χ1v) is 5.99. The molecule has 0 aliphatic carbocycles. The van der Waals surface area contributed by atoms with Gasteiger partial charge in [0.1, 0.15) is 0 Å². The lowest BCUT2D eigenvalue weighted by Crippen LogP contribution is -2.00. The lowest BCUT2D eigenvalue weighted by atomic mass is 10.3. The van der Waals surface area contributed by atoms with E-state index in [9.17, 15) is 0 Å². The summed E-state index contributed by atoms with van der Waals surface area (Å²) in [7, 11) is 0. The predicted molar refractivity (Wildman–Crippen MR) is 68.0 cm³/mol. The lowest BCUT2D eigenvalue weighted by molar-refractivity contribution is 1.21. The highest BCUT2D eigenvalue weighted by Crippen LogP contribution is 2.22. The third kappa shape index (κ3) is 2.43. The Morgan fingerprint density at radius 2 is 2.06 bits per heavy atom. The molecular formula is C11H12N4S. The van der Waals surface area contributed by atoms with Crippen molar-refractivity contribution in [3.05, 3.63) is 36.7 Å². The molecule has 5 heteroatoms. The van der Waals surface area contributed by atoms with Crippen LogP contribution in [-0.4, -0.2) is 16.2 Å². The molecule has 0 radical (unpaired) electrons. The Labute approximate surface area is 98.3 Å². The summed E-state index contributed by atoms with van der Waals surface area (Å²) in [6.45, 7) is 0. The van der Waals surface area contributed by atoms with Gasteiger partial charge in [-0.15, -0.1) is 11.8 Å². The molecule has 4 nitrogen and oxygen atoms in total. The Kier molecular flexibility index (Phi) is 3.26. The summed E-state index contributed by atoms with van der Waals surface area (Å²) in [5.41, 5.74) is 6.66. The molecule has 1 heterocycles. The van der Waals surface area contributed by atoms with Crippen LogP contribution in [0.5, 0.6) is 0 Å². The lowest BCUT2D eigenvalue weighted by Gasteiger charge is -2.07. The van der Waals surface area contributed by atoms with Crippen LogP contribution < -0.4 is 11.1 Å². The third-order valence-corrected chi connectivity index (χ3v) is 2.78. The zero-order chi connectivity index (χ0) is 11.4. The Balaban J connectivity index is 2.24. The topological polar surface area (TPSA) is 63.8 Å². The van der Waals surface area contributed by atoms with E-state index in [1.807, 2.05) is 24.5 Å². The summed E-state index contributed by atoms with van der Waals surface area (Å²) in [6, 6.07) is 8.04. The summed E-state index contributed by atoms with van der Waals surface area (Å²) in [4.78, 5) is 9.28. The van der Waals surface area contributed by atoms with Gasteiger partial charge in [0.25, 0.3) is 0 Å². The van der Waals surface area contributed by atoms with Gasteiger partial charge in [0, 0.05) is 23.0 Å². The van der Waals surface area contributed by atoms with Crippen LogP contribution in [0.4, 0.5) is 17.3 Å². The number of nitrogens with one attached hydrogen (secondary N) is 1. The van der Waals surface area contributed by atoms with E-state index in [1.54, 1.807) is 24.2 Å². The summed E-state index contributed by atoms with van der Waals surface area (Å²) in [5, 5.41) is 3.13. The van der Waals surface area contributed by atoms with E-state index in [2.05, 4.69) is 21.4 Å². The molecule has 0 saturated carbocycles. The molecule has 0 fully saturated rings. The maximum Gasteiger partial charge on any atom is 0.173 e. The summed E-state index contributed by atoms with van der Waals surface area (Å²) >= 11 is 1.69. The Bertz CT molecular complexity index is 487. The molecule has 0 bridgehead atoms. The minimum atomic E-state index is 0.400. The van der Waals surface area contributed by atoms with Crippen molar-refractivity contribution in [2.45, 2.75) is 4.90 Å². The molecule has 3 N–H and O–H groups in total. The van der Waals surface area contributed by atoms with E-state index in [-0.39, 0.29) is 0 Å². The first kappa shape index (κ1) is 10.8. The standard InChI is InChI=1S/C11H12N4S/c1-16-9-4-2-3-8(7-9)15-11-10(12)13-5-6-14-11/h2-7H,1H3,(H2,12,13)(H,14,15). The first-order chi connectivity index (χ1) is 7.79. The van der Waals surface area contributed by atoms with Crippen molar-refractivity contribution in [1.29, 1.82) is 0 Å². The van der Waals surface area contributed by atoms with Gasteiger partial charge in [0.05, 0.1) is 0 Å². The van der Waals surface area contributed by atoms with Crippen LogP contribution in [-0.2, 0) is 0 Å². The summed E-state index contributed by atoms with van der Waals surface area (Å²) in [5.74, 6) is 0.984. The highest BCUT2D eigenvalue weighted by atomic mass is 32.2. The normalized spacial score (nSPS) is 10.1. The number of aromatic nitrogens is 2. The number of rotatable bonds is 3. The highest BCUT2D eigenvalue weighted by molar-refractivity contribution is 7.98. The van der Waals surface area contributed by atoms with Gasteiger partial charge in [-0.1, -0.05) is 6.07 Å². The Morgan fingerprint density at radius 3 is 2.81 bits per heavy atom. The molecule has 0 unspecified atom stereocenters. The number of benzene rings is 1. The van der Waals surface area contributed by atoms with Crippen LogP contribution >= 0.6 is 11.8 Å². The molecule has 0 atom stereocenters. The molecule has 0 aliphatic heterocycles. The largest absolute Gasteiger partial charge is 0.381 e. The van der Waals surface area contributed by atoms with E-state index in [0.29, 0.717) is 11.6 Å². The number of hydrogen-bond acceptors (Lipinski definition) is 5. The van der Waals surface area contributed by atoms with Gasteiger partial charge in [-0.2, -0.15) is 0 Å². The van der Waals surface area contributed by atoms with Gasteiger partial charge in [-0.25, -0.2) is 9.97 Å². The molecule has 82 valence electrons.